The molecule has 2 aromatic rings. The molecule has 24 heavy (non-hydrogen) atoms. The fraction of sp³-hybridized carbons (Fsp3) is 0.444. The second-order valence-electron chi connectivity index (χ2n) is 6.53. The zero-order valence-electron chi connectivity index (χ0n) is 13.6. The van der Waals surface area contributed by atoms with Crippen molar-refractivity contribution in [2.24, 2.45) is 0 Å². The summed E-state index contributed by atoms with van der Waals surface area (Å²) >= 11 is 0. The third kappa shape index (κ3) is 2.96. The van der Waals surface area contributed by atoms with E-state index in [0.717, 1.165) is 24.3 Å². The lowest BCUT2D eigenvalue weighted by atomic mass is 10.3. The van der Waals surface area contributed by atoms with Crippen molar-refractivity contribution in [3.8, 4) is 5.75 Å². The zero-order chi connectivity index (χ0) is 16.6. The highest BCUT2D eigenvalue weighted by Gasteiger charge is 2.28. The molecule has 0 spiro atoms. The average Bonchev–Trinajstić information content (AvgIpc) is 3.25. The third-order valence-electron chi connectivity index (χ3n) is 4.92. The molecule has 5 nitrogen and oxygen atoms in total. The molecule has 0 unspecified atom stereocenters. The van der Waals surface area contributed by atoms with Crippen LogP contribution >= 0.6 is 0 Å². The smallest absolute Gasteiger partial charge is 0.243 e. The van der Waals surface area contributed by atoms with E-state index in [-0.39, 0.29) is 6.10 Å². The Labute approximate surface area is 142 Å². The normalized spacial score (nSPS) is 19.3. The quantitative estimate of drug-likeness (QED) is 0.855. The van der Waals surface area contributed by atoms with Crippen LogP contribution in [0.3, 0.4) is 0 Å². The van der Waals surface area contributed by atoms with Crippen molar-refractivity contribution in [3.05, 3.63) is 48.3 Å². The average molecular weight is 346 g/mol. The number of sulfonamides is 1. The molecule has 0 amide bonds. The monoisotopic (exact) mass is 346 g/mol. The molecule has 1 saturated carbocycles. The first-order valence-corrected chi connectivity index (χ1v) is 9.98. The minimum Gasteiger partial charge on any atom is -0.490 e. The van der Waals surface area contributed by atoms with Crippen molar-refractivity contribution in [3.63, 3.8) is 0 Å². The molecular weight excluding hydrogens is 324 g/mol. The molecule has 2 aliphatic rings. The van der Waals surface area contributed by atoms with Crippen LogP contribution in [-0.2, 0) is 23.1 Å². The van der Waals surface area contributed by atoms with Gasteiger partial charge in [-0.25, -0.2) is 8.42 Å². The maximum absolute atomic E-state index is 12.9. The Morgan fingerprint density at radius 2 is 1.75 bits per heavy atom. The molecule has 0 atom stereocenters. The number of aromatic nitrogens is 1. The molecule has 0 bridgehead atoms. The van der Waals surface area contributed by atoms with E-state index >= 15 is 0 Å². The maximum Gasteiger partial charge on any atom is 0.243 e. The van der Waals surface area contributed by atoms with Gasteiger partial charge in [-0.1, -0.05) is 0 Å². The first-order chi connectivity index (χ1) is 11.6. The Hall–Kier alpha value is -1.79. The van der Waals surface area contributed by atoms with Crippen LogP contribution in [0.5, 0.6) is 5.75 Å². The number of hydrogen-bond donors (Lipinski definition) is 0. The predicted octanol–water partition coefficient (Wildman–Crippen LogP) is 3.01. The van der Waals surface area contributed by atoms with E-state index in [4.69, 9.17) is 4.74 Å². The zero-order valence-corrected chi connectivity index (χ0v) is 14.4. The summed E-state index contributed by atoms with van der Waals surface area (Å²) in [6, 6.07) is 10.8. The standard InChI is InChI=1S/C18H22N2O3S/c21-24(22,20-13-12-19-11-3-4-15(19)14-20)18-9-7-17(8-10-18)23-16-5-1-2-6-16/h3-4,7-11,16H,1-2,5-6,12-14H2. The minimum atomic E-state index is -3.46. The van der Waals surface area contributed by atoms with Crippen molar-refractivity contribution in [2.45, 2.75) is 49.8 Å². The van der Waals surface area contributed by atoms with Crippen LogP contribution in [0.25, 0.3) is 0 Å². The summed E-state index contributed by atoms with van der Waals surface area (Å²) in [7, 11) is -3.46. The van der Waals surface area contributed by atoms with Crippen LogP contribution in [0.15, 0.2) is 47.5 Å². The number of fused-ring (bicyclic) bond motifs is 1. The Balaban J connectivity index is 1.50. The summed E-state index contributed by atoms with van der Waals surface area (Å²) in [5.41, 5.74) is 1.03. The first-order valence-electron chi connectivity index (χ1n) is 8.54. The highest BCUT2D eigenvalue weighted by atomic mass is 32.2. The van der Waals surface area contributed by atoms with Gasteiger partial charge in [-0.05, 0) is 62.1 Å². The van der Waals surface area contributed by atoms with Gasteiger partial charge in [-0.3, -0.25) is 0 Å². The Morgan fingerprint density at radius 1 is 1.00 bits per heavy atom. The number of benzene rings is 1. The molecule has 4 rings (SSSR count). The molecule has 0 N–H and O–H groups in total. The minimum absolute atomic E-state index is 0.280. The molecule has 2 heterocycles. The van der Waals surface area contributed by atoms with E-state index in [1.165, 1.54) is 12.8 Å². The SMILES string of the molecule is O=S(=O)(c1ccc(OC2CCCC2)cc1)N1CCn2cccc2C1. The van der Waals surface area contributed by atoms with Crippen LogP contribution in [0.4, 0.5) is 0 Å². The summed E-state index contributed by atoms with van der Waals surface area (Å²) in [6.45, 7) is 1.63. The van der Waals surface area contributed by atoms with Crippen LogP contribution < -0.4 is 4.74 Å². The molecule has 1 fully saturated rings. The van der Waals surface area contributed by atoms with Gasteiger partial charge in [0.15, 0.2) is 0 Å². The summed E-state index contributed by atoms with van der Waals surface area (Å²) in [6.07, 6.45) is 6.89. The van der Waals surface area contributed by atoms with E-state index in [1.807, 2.05) is 18.3 Å². The van der Waals surface area contributed by atoms with E-state index < -0.39 is 10.0 Å². The maximum atomic E-state index is 12.9. The van der Waals surface area contributed by atoms with E-state index in [1.54, 1.807) is 28.6 Å². The summed E-state index contributed by atoms with van der Waals surface area (Å²) in [4.78, 5) is 0.335. The largest absolute Gasteiger partial charge is 0.490 e. The topological polar surface area (TPSA) is 51.5 Å². The predicted molar refractivity (Wildman–Crippen MR) is 91.4 cm³/mol. The molecule has 1 aromatic heterocycles. The van der Waals surface area contributed by atoms with Crippen molar-refractivity contribution in [1.82, 2.24) is 8.87 Å². The lowest BCUT2D eigenvalue weighted by Gasteiger charge is -2.28. The van der Waals surface area contributed by atoms with Gasteiger partial charge < -0.3 is 9.30 Å². The molecule has 6 heteroatoms. The Bertz CT molecular complexity index is 805. The fourth-order valence-electron chi connectivity index (χ4n) is 3.53. The van der Waals surface area contributed by atoms with Gasteiger partial charge in [-0.2, -0.15) is 4.31 Å². The number of ether oxygens (including phenoxy) is 1. The van der Waals surface area contributed by atoms with Crippen molar-refractivity contribution < 1.29 is 13.2 Å². The second kappa shape index (κ2) is 6.26. The molecular formula is C18H22N2O3S. The van der Waals surface area contributed by atoms with Gasteiger partial charge in [0, 0.05) is 25.0 Å². The third-order valence-corrected chi connectivity index (χ3v) is 6.78. The van der Waals surface area contributed by atoms with Crippen molar-refractivity contribution in [1.29, 1.82) is 0 Å². The van der Waals surface area contributed by atoms with Gasteiger partial charge >= 0.3 is 0 Å². The molecule has 1 aliphatic heterocycles. The summed E-state index contributed by atoms with van der Waals surface area (Å²) in [5.74, 6) is 0.758. The van der Waals surface area contributed by atoms with Gasteiger partial charge in [0.05, 0.1) is 17.5 Å². The highest BCUT2D eigenvalue weighted by molar-refractivity contribution is 7.89. The van der Waals surface area contributed by atoms with Crippen LogP contribution in [0, 0.1) is 0 Å². The van der Waals surface area contributed by atoms with Gasteiger partial charge in [0.2, 0.25) is 10.0 Å². The Morgan fingerprint density at radius 3 is 2.50 bits per heavy atom. The van der Waals surface area contributed by atoms with Crippen LogP contribution in [0.2, 0.25) is 0 Å². The molecule has 0 radical (unpaired) electrons. The van der Waals surface area contributed by atoms with E-state index in [9.17, 15) is 8.42 Å². The summed E-state index contributed by atoms with van der Waals surface area (Å²) in [5, 5.41) is 0. The molecule has 1 aliphatic carbocycles. The van der Waals surface area contributed by atoms with Gasteiger partial charge in [-0.15, -0.1) is 0 Å². The molecule has 128 valence electrons. The van der Waals surface area contributed by atoms with E-state index in [0.29, 0.717) is 24.5 Å². The van der Waals surface area contributed by atoms with Gasteiger partial charge in [0.25, 0.3) is 0 Å². The number of nitrogens with zero attached hydrogens (tertiary/aromatic N) is 2. The van der Waals surface area contributed by atoms with Crippen LogP contribution in [-0.4, -0.2) is 29.9 Å². The summed E-state index contributed by atoms with van der Waals surface area (Å²) < 4.78 is 35.3. The number of hydrogen-bond acceptors (Lipinski definition) is 3. The molecule has 0 saturated heterocycles. The fourth-order valence-corrected chi connectivity index (χ4v) is 4.94. The van der Waals surface area contributed by atoms with Crippen molar-refractivity contribution >= 4 is 10.0 Å². The highest BCUT2D eigenvalue weighted by Crippen LogP contribution is 2.27. The lowest BCUT2D eigenvalue weighted by molar-refractivity contribution is 0.210. The van der Waals surface area contributed by atoms with Crippen LogP contribution in [0.1, 0.15) is 31.4 Å². The molecule has 1 aromatic carbocycles. The van der Waals surface area contributed by atoms with E-state index in [2.05, 4.69) is 4.57 Å². The van der Waals surface area contributed by atoms with Crippen molar-refractivity contribution in [2.75, 3.05) is 6.54 Å². The Kier molecular flexibility index (Phi) is 4.10. The first kappa shape index (κ1) is 15.7. The number of rotatable bonds is 4. The lowest BCUT2D eigenvalue weighted by Crippen LogP contribution is -2.37. The van der Waals surface area contributed by atoms with Gasteiger partial charge in [0.1, 0.15) is 5.75 Å². The second-order valence-corrected chi connectivity index (χ2v) is 8.47.